The van der Waals surface area contributed by atoms with E-state index in [1.165, 1.54) is 6.07 Å². The number of hydrogen-bond acceptors (Lipinski definition) is 5. The Hall–Kier alpha value is -2.78. The van der Waals surface area contributed by atoms with Crippen LogP contribution in [0.3, 0.4) is 0 Å². The molecule has 1 amide bonds. The second-order valence-corrected chi connectivity index (χ2v) is 5.32. The second kappa shape index (κ2) is 5.69. The number of phenolic OH excluding ortho intramolecular Hbond substituents is 1. The number of aromatic hydroxyl groups is 1. The van der Waals surface area contributed by atoms with Crippen molar-refractivity contribution in [2.45, 2.75) is 25.1 Å². The molecule has 3 rings (SSSR count). The molecule has 2 heterocycles. The zero-order chi connectivity index (χ0) is 17.5. The monoisotopic (exact) mass is 343 g/mol. The number of nitrogens with zero attached hydrogens (tertiary/aromatic N) is 3. The van der Waals surface area contributed by atoms with E-state index in [9.17, 15) is 23.1 Å². The minimum Gasteiger partial charge on any atom is -0.507 e. The minimum absolute atomic E-state index is 0.00926. The Bertz CT molecular complexity index is 775. The molecule has 1 aliphatic rings. The van der Waals surface area contributed by atoms with E-state index in [4.69, 9.17) is 9.63 Å². The average Bonchev–Trinajstić information content (AvgIpc) is 3.15. The Morgan fingerprint density at radius 1 is 1.38 bits per heavy atom. The molecule has 2 N–H and O–H groups in total. The Kier molecular flexibility index (Phi) is 3.82. The van der Waals surface area contributed by atoms with Gasteiger partial charge in [0.15, 0.2) is 0 Å². The molecule has 0 aliphatic carbocycles. The zero-order valence-corrected chi connectivity index (χ0v) is 12.1. The van der Waals surface area contributed by atoms with E-state index in [2.05, 4.69) is 10.1 Å². The molecule has 1 fully saturated rings. The lowest BCUT2D eigenvalue weighted by atomic mass is 10.1. The zero-order valence-electron chi connectivity index (χ0n) is 12.1. The van der Waals surface area contributed by atoms with Crippen molar-refractivity contribution in [3.8, 4) is 17.1 Å². The molecule has 0 spiro atoms. The van der Waals surface area contributed by atoms with Gasteiger partial charge in [0, 0.05) is 12.1 Å². The quantitative estimate of drug-likeness (QED) is 0.868. The smallest absolute Gasteiger partial charge is 0.419 e. The number of rotatable bonds is 2. The molecule has 24 heavy (non-hydrogen) atoms. The van der Waals surface area contributed by atoms with E-state index in [0.717, 1.165) is 11.0 Å². The summed E-state index contributed by atoms with van der Waals surface area (Å²) in [6.07, 6.45) is -4.72. The summed E-state index contributed by atoms with van der Waals surface area (Å²) in [6.45, 7) is 0.329. The lowest BCUT2D eigenvalue weighted by molar-refractivity contribution is -0.138. The first-order valence-corrected chi connectivity index (χ1v) is 7.01. The van der Waals surface area contributed by atoms with Crippen molar-refractivity contribution < 1.29 is 32.7 Å². The van der Waals surface area contributed by atoms with Crippen LogP contribution in [-0.2, 0) is 6.18 Å². The number of alkyl halides is 3. The molecule has 128 valence electrons. The molecular formula is C14H12F3N3O4. The first kappa shape index (κ1) is 16.1. The molecule has 1 saturated heterocycles. The molecule has 10 heteroatoms. The highest BCUT2D eigenvalue weighted by Crippen LogP contribution is 2.38. The van der Waals surface area contributed by atoms with Crippen LogP contribution in [0.5, 0.6) is 5.75 Å². The Balaban J connectivity index is 1.93. The third-order valence-corrected chi connectivity index (χ3v) is 3.79. The normalized spacial score (nSPS) is 18.1. The first-order chi connectivity index (χ1) is 11.3. The molecular weight excluding hydrogens is 331 g/mol. The van der Waals surface area contributed by atoms with E-state index >= 15 is 0 Å². The highest BCUT2D eigenvalue weighted by atomic mass is 19.4. The van der Waals surface area contributed by atoms with Crippen molar-refractivity contribution in [1.82, 2.24) is 15.0 Å². The summed E-state index contributed by atoms with van der Waals surface area (Å²) in [4.78, 5) is 16.3. The number of likely N-dealkylation sites (tertiary alicyclic amines) is 1. The van der Waals surface area contributed by atoms with Crippen LogP contribution in [0.15, 0.2) is 22.7 Å². The van der Waals surface area contributed by atoms with Crippen molar-refractivity contribution in [1.29, 1.82) is 0 Å². The summed E-state index contributed by atoms with van der Waals surface area (Å²) in [5.41, 5.74) is -1.20. The Morgan fingerprint density at radius 2 is 2.12 bits per heavy atom. The molecule has 0 bridgehead atoms. The number of carboxylic acid groups (broad SMARTS) is 1. The third kappa shape index (κ3) is 2.86. The van der Waals surface area contributed by atoms with Crippen LogP contribution in [0.1, 0.15) is 30.3 Å². The SMILES string of the molecule is O=C(O)N1CCC[C@H]1c1nc(-c2ccc(O)c(C(F)(F)F)c2)no1. The fraction of sp³-hybridized carbons (Fsp3) is 0.357. The Morgan fingerprint density at radius 3 is 2.79 bits per heavy atom. The maximum Gasteiger partial charge on any atom is 0.419 e. The standard InChI is InChI=1S/C14H12F3N3O4/c15-14(16,17)8-6-7(3-4-10(8)21)11-18-12(24-19-11)9-2-1-5-20(9)13(22)23/h3-4,6,9,21H,1-2,5H2,(H,22,23)/t9-/m0/s1. The van der Waals surface area contributed by atoms with E-state index in [0.29, 0.717) is 25.5 Å². The number of aromatic nitrogens is 2. The number of halogens is 3. The third-order valence-electron chi connectivity index (χ3n) is 3.79. The number of phenols is 1. The summed E-state index contributed by atoms with van der Waals surface area (Å²) in [5, 5.41) is 22.1. The topological polar surface area (TPSA) is 99.7 Å². The fourth-order valence-corrected chi connectivity index (χ4v) is 2.64. The molecule has 2 aromatic rings. The van der Waals surface area contributed by atoms with Crippen LogP contribution < -0.4 is 0 Å². The van der Waals surface area contributed by atoms with Crippen molar-refractivity contribution >= 4 is 6.09 Å². The molecule has 0 saturated carbocycles. The molecule has 0 radical (unpaired) electrons. The number of hydrogen-bond donors (Lipinski definition) is 2. The second-order valence-electron chi connectivity index (χ2n) is 5.32. The Labute approximate surface area is 133 Å². The number of benzene rings is 1. The van der Waals surface area contributed by atoms with Crippen molar-refractivity contribution in [3.63, 3.8) is 0 Å². The predicted octanol–water partition coefficient (Wildman–Crippen LogP) is 3.28. The van der Waals surface area contributed by atoms with Gasteiger partial charge in [0.25, 0.3) is 0 Å². The van der Waals surface area contributed by atoms with Gasteiger partial charge in [-0.2, -0.15) is 18.2 Å². The average molecular weight is 343 g/mol. The van der Waals surface area contributed by atoms with Gasteiger partial charge in [-0.05, 0) is 31.0 Å². The van der Waals surface area contributed by atoms with E-state index in [1.807, 2.05) is 0 Å². The molecule has 7 nitrogen and oxygen atoms in total. The maximum absolute atomic E-state index is 12.8. The van der Waals surface area contributed by atoms with Crippen LogP contribution in [0.25, 0.3) is 11.4 Å². The van der Waals surface area contributed by atoms with Crippen LogP contribution in [-0.4, -0.2) is 37.9 Å². The van der Waals surface area contributed by atoms with Crippen molar-refractivity contribution in [2.75, 3.05) is 6.54 Å². The predicted molar refractivity (Wildman–Crippen MR) is 73.1 cm³/mol. The van der Waals surface area contributed by atoms with Gasteiger partial charge in [-0.15, -0.1) is 0 Å². The van der Waals surface area contributed by atoms with E-state index in [-0.39, 0.29) is 17.3 Å². The van der Waals surface area contributed by atoms with Crippen LogP contribution in [0.4, 0.5) is 18.0 Å². The van der Waals surface area contributed by atoms with Gasteiger partial charge >= 0.3 is 12.3 Å². The number of carbonyl (C=O) groups is 1. The largest absolute Gasteiger partial charge is 0.507 e. The summed E-state index contributed by atoms with van der Waals surface area (Å²) >= 11 is 0. The van der Waals surface area contributed by atoms with Gasteiger partial charge < -0.3 is 14.7 Å². The van der Waals surface area contributed by atoms with Gasteiger partial charge in [-0.1, -0.05) is 5.16 Å². The van der Waals surface area contributed by atoms with E-state index < -0.39 is 29.6 Å². The van der Waals surface area contributed by atoms with Crippen LogP contribution in [0.2, 0.25) is 0 Å². The summed E-state index contributed by atoms with van der Waals surface area (Å²) in [7, 11) is 0. The van der Waals surface area contributed by atoms with E-state index in [1.54, 1.807) is 0 Å². The molecule has 1 aromatic heterocycles. The molecule has 1 aliphatic heterocycles. The maximum atomic E-state index is 12.8. The van der Waals surface area contributed by atoms with Crippen LogP contribution in [0, 0.1) is 0 Å². The van der Waals surface area contributed by atoms with Gasteiger partial charge in [-0.25, -0.2) is 4.79 Å². The first-order valence-electron chi connectivity index (χ1n) is 7.01. The minimum atomic E-state index is -4.72. The summed E-state index contributed by atoms with van der Waals surface area (Å²) in [5.74, 6) is -0.970. The number of amides is 1. The fourth-order valence-electron chi connectivity index (χ4n) is 2.64. The summed E-state index contributed by atoms with van der Waals surface area (Å²) in [6, 6.07) is 2.23. The van der Waals surface area contributed by atoms with Gasteiger partial charge in [-0.3, -0.25) is 4.90 Å². The highest BCUT2D eigenvalue weighted by Gasteiger charge is 2.36. The lowest BCUT2D eigenvalue weighted by Crippen LogP contribution is -2.28. The summed E-state index contributed by atoms with van der Waals surface area (Å²) < 4.78 is 43.5. The van der Waals surface area contributed by atoms with Crippen molar-refractivity contribution in [3.05, 3.63) is 29.7 Å². The van der Waals surface area contributed by atoms with Gasteiger partial charge in [0.2, 0.25) is 11.7 Å². The van der Waals surface area contributed by atoms with Crippen molar-refractivity contribution in [2.24, 2.45) is 0 Å². The molecule has 1 atom stereocenters. The van der Waals surface area contributed by atoms with Gasteiger partial charge in [0.05, 0.1) is 5.56 Å². The lowest BCUT2D eigenvalue weighted by Gasteiger charge is -2.17. The highest BCUT2D eigenvalue weighted by molar-refractivity contribution is 5.66. The molecule has 0 unspecified atom stereocenters. The molecule has 1 aromatic carbocycles. The van der Waals surface area contributed by atoms with Gasteiger partial charge in [0.1, 0.15) is 11.8 Å². The van der Waals surface area contributed by atoms with Crippen LogP contribution >= 0.6 is 0 Å².